The number of hydrogen-bond acceptors (Lipinski definition) is 2. The molecule has 3 rings (SSSR count). The van der Waals surface area contributed by atoms with Crippen LogP contribution in [0, 0.1) is 6.92 Å². The standard InChI is InChI=1S/C18H28N2/c1-3-19-16-12-17-8-9-18(13-16)20(17)11-10-15-7-5-4-6-14(15)2/h4-7,16-19H,3,8-13H2,1-2H3. The van der Waals surface area contributed by atoms with Crippen molar-refractivity contribution in [3.05, 3.63) is 35.4 Å². The fraction of sp³-hybridized carbons (Fsp3) is 0.667. The first kappa shape index (κ1) is 14.1. The first-order valence-electron chi connectivity index (χ1n) is 8.31. The lowest BCUT2D eigenvalue weighted by atomic mass is 9.96. The van der Waals surface area contributed by atoms with Crippen LogP contribution in [-0.4, -0.2) is 36.1 Å². The Balaban J connectivity index is 1.58. The zero-order valence-corrected chi connectivity index (χ0v) is 12.9. The molecule has 2 atom stereocenters. The summed E-state index contributed by atoms with van der Waals surface area (Å²) < 4.78 is 0. The summed E-state index contributed by atoms with van der Waals surface area (Å²) in [5.41, 5.74) is 2.98. The molecule has 2 heteroatoms. The van der Waals surface area contributed by atoms with Crippen LogP contribution in [0.2, 0.25) is 0 Å². The quantitative estimate of drug-likeness (QED) is 0.886. The summed E-state index contributed by atoms with van der Waals surface area (Å²) in [6.07, 6.45) is 6.77. The van der Waals surface area contributed by atoms with Gasteiger partial charge in [-0.15, -0.1) is 0 Å². The van der Waals surface area contributed by atoms with Crippen LogP contribution in [0.3, 0.4) is 0 Å². The van der Waals surface area contributed by atoms with E-state index in [2.05, 4.69) is 48.3 Å². The molecule has 0 amide bonds. The molecule has 0 aromatic heterocycles. The second kappa shape index (κ2) is 6.28. The van der Waals surface area contributed by atoms with E-state index in [-0.39, 0.29) is 0 Å². The van der Waals surface area contributed by atoms with Gasteiger partial charge in [-0.1, -0.05) is 31.2 Å². The van der Waals surface area contributed by atoms with Crippen molar-refractivity contribution in [2.24, 2.45) is 0 Å². The summed E-state index contributed by atoms with van der Waals surface area (Å²) in [6.45, 7) is 6.83. The molecular weight excluding hydrogens is 244 g/mol. The van der Waals surface area contributed by atoms with E-state index in [1.165, 1.54) is 49.8 Å². The summed E-state index contributed by atoms with van der Waals surface area (Å²) in [4.78, 5) is 2.81. The highest BCUT2D eigenvalue weighted by molar-refractivity contribution is 5.25. The van der Waals surface area contributed by atoms with E-state index < -0.39 is 0 Å². The molecule has 20 heavy (non-hydrogen) atoms. The summed E-state index contributed by atoms with van der Waals surface area (Å²) in [7, 11) is 0. The summed E-state index contributed by atoms with van der Waals surface area (Å²) >= 11 is 0. The number of nitrogens with one attached hydrogen (secondary N) is 1. The lowest BCUT2D eigenvalue weighted by molar-refractivity contribution is 0.119. The first-order valence-corrected chi connectivity index (χ1v) is 8.31. The smallest absolute Gasteiger partial charge is 0.0114 e. The number of hydrogen-bond donors (Lipinski definition) is 1. The molecule has 1 aromatic carbocycles. The van der Waals surface area contributed by atoms with Gasteiger partial charge >= 0.3 is 0 Å². The van der Waals surface area contributed by atoms with Crippen molar-refractivity contribution in [2.75, 3.05) is 13.1 Å². The van der Waals surface area contributed by atoms with Gasteiger partial charge in [0.05, 0.1) is 0 Å². The SMILES string of the molecule is CCNC1CC2CCC(C1)N2CCc1ccccc1C. The molecule has 110 valence electrons. The fourth-order valence-electron chi connectivity index (χ4n) is 4.23. The van der Waals surface area contributed by atoms with Crippen LogP contribution in [0.25, 0.3) is 0 Å². The van der Waals surface area contributed by atoms with E-state index in [1.807, 2.05) is 0 Å². The van der Waals surface area contributed by atoms with Gasteiger partial charge in [0.2, 0.25) is 0 Å². The zero-order chi connectivity index (χ0) is 13.9. The molecule has 2 heterocycles. The molecular formula is C18H28N2. The van der Waals surface area contributed by atoms with Gasteiger partial charge < -0.3 is 5.32 Å². The number of nitrogens with zero attached hydrogens (tertiary/aromatic N) is 1. The average Bonchev–Trinajstić information content (AvgIpc) is 2.68. The van der Waals surface area contributed by atoms with Gasteiger partial charge in [-0.05, 0) is 56.7 Å². The normalized spacial score (nSPS) is 29.8. The van der Waals surface area contributed by atoms with Crippen LogP contribution >= 0.6 is 0 Å². The van der Waals surface area contributed by atoms with Crippen LogP contribution in [0.5, 0.6) is 0 Å². The topological polar surface area (TPSA) is 15.3 Å². The fourth-order valence-corrected chi connectivity index (χ4v) is 4.23. The van der Waals surface area contributed by atoms with E-state index in [0.717, 1.165) is 24.7 Å². The van der Waals surface area contributed by atoms with Crippen molar-refractivity contribution in [3.63, 3.8) is 0 Å². The molecule has 2 fully saturated rings. The maximum absolute atomic E-state index is 3.66. The Labute approximate surface area is 123 Å². The summed E-state index contributed by atoms with van der Waals surface area (Å²) in [5, 5.41) is 3.66. The largest absolute Gasteiger partial charge is 0.314 e. The van der Waals surface area contributed by atoms with E-state index in [1.54, 1.807) is 0 Å². The molecule has 0 spiro atoms. The highest BCUT2D eigenvalue weighted by Gasteiger charge is 2.39. The molecule has 2 saturated heterocycles. The molecule has 2 nitrogen and oxygen atoms in total. The van der Waals surface area contributed by atoms with Gasteiger partial charge in [0.25, 0.3) is 0 Å². The maximum atomic E-state index is 3.66. The highest BCUT2D eigenvalue weighted by Crippen LogP contribution is 2.35. The molecule has 2 unspecified atom stereocenters. The van der Waals surface area contributed by atoms with E-state index in [0.29, 0.717) is 0 Å². The Hall–Kier alpha value is -0.860. The minimum atomic E-state index is 0.771. The molecule has 0 saturated carbocycles. The molecule has 2 aliphatic rings. The third-order valence-electron chi connectivity index (χ3n) is 5.28. The molecule has 2 bridgehead atoms. The van der Waals surface area contributed by atoms with Crippen molar-refractivity contribution < 1.29 is 0 Å². The molecule has 1 aromatic rings. The second-order valence-corrected chi connectivity index (χ2v) is 6.53. The minimum Gasteiger partial charge on any atom is -0.314 e. The lowest BCUT2D eigenvalue weighted by Gasteiger charge is -2.39. The van der Waals surface area contributed by atoms with Gasteiger partial charge in [-0.2, -0.15) is 0 Å². The summed E-state index contributed by atoms with van der Waals surface area (Å²) in [5.74, 6) is 0. The zero-order valence-electron chi connectivity index (χ0n) is 12.9. The number of fused-ring (bicyclic) bond motifs is 2. The Morgan fingerprint density at radius 3 is 2.50 bits per heavy atom. The third kappa shape index (κ3) is 2.91. The lowest BCUT2D eigenvalue weighted by Crippen LogP contribution is -2.49. The van der Waals surface area contributed by atoms with Gasteiger partial charge in [0.1, 0.15) is 0 Å². The predicted octanol–water partition coefficient (Wildman–Crippen LogP) is 3.14. The maximum Gasteiger partial charge on any atom is 0.0114 e. The third-order valence-corrected chi connectivity index (χ3v) is 5.28. The molecule has 2 aliphatic heterocycles. The monoisotopic (exact) mass is 272 g/mol. The number of rotatable bonds is 5. The Bertz CT molecular complexity index is 429. The Kier molecular flexibility index (Phi) is 4.42. The molecule has 0 radical (unpaired) electrons. The van der Waals surface area contributed by atoms with Crippen molar-refractivity contribution in [1.29, 1.82) is 0 Å². The number of aryl methyl sites for hydroxylation is 1. The predicted molar refractivity (Wildman–Crippen MR) is 85.1 cm³/mol. The van der Waals surface area contributed by atoms with Crippen molar-refractivity contribution in [2.45, 2.75) is 64.1 Å². The first-order chi connectivity index (χ1) is 9.78. The average molecular weight is 272 g/mol. The van der Waals surface area contributed by atoms with Gasteiger partial charge in [-0.3, -0.25) is 4.90 Å². The van der Waals surface area contributed by atoms with Crippen molar-refractivity contribution in [3.8, 4) is 0 Å². The summed E-state index contributed by atoms with van der Waals surface area (Å²) in [6, 6.07) is 11.3. The van der Waals surface area contributed by atoms with Crippen molar-refractivity contribution in [1.82, 2.24) is 10.2 Å². The van der Waals surface area contributed by atoms with Gasteiger partial charge in [-0.25, -0.2) is 0 Å². The van der Waals surface area contributed by atoms with Crippen LogP contribution in [0.4, 0.5) is 0 Å². The second-order valence-electron chi connectivity index (χ2n) is 6.53. The van der Waals surface area contributed by atoms with Gasteiger partial charge in [0.15, 0.2) is 0 Å². The molecule has 0 aliphatic carbocycles. The van der Waals surface area contributed by atoms with Crippen LogP contribution < -0.4 is 5.32 Å². The number of piperidine rings is 1. The highest BCUT2D eigenvalue weighted by atomic mass is 15.2. The van der Waals surface area contributed by atoms with Crippen LogP contribution in [0.15, 0.2) is 24.3 Å². The van der Waals surface area contributed by atoms with Crippen molar-refractivity contribution >= 4 is 0 Å². The molecule has 1 N–H and O–H groups in total. The Morgan fingerprint density at radius 1 is 1.15 bits per heavy atom. The Morgan fingerprint density at radius 2 is 1.85 bits per heavy atom. The van der Waals surface area contributed by atoms with E-state index in [4.69, 9.17) is 0 Å². The van der Waals surface area contributed by atoms with Crippen LogP contribution in [0.1, 0.15) is 43.7 Å². The minimum absolute atomic E-state index is 0.771. The van der Waals surface area contributed by atoms with Crippen LogP contribution in [-0.2, 0) is 6.42 Å². The van der Waals surface area contributed by atoms with E-state index in [9.17, 15) is 0 Å². The number of benzene rings is 1. The van der Waals surface area contributed by atoms with E-state index >= 15 is 0 Å². The van der Waals surface area contributed by atoms with Gasteiger partial charge in [0, 0.05) is 24.7 Å².